The lowest BCUT2D eigenvalue weighted by molar-refractivity contribution is -0.129. The highest BCUT2D eigenvalue weighted by Gasteiger charge is 2.31. The summed E-state index contributed by atoms with van der Waals surface area (Å²) in [6.07, 6.45) is 1.54. The number of hydrogen-bond donors (Lipinski definition) is 0. The van der Waals surface area contributed by atoms with Gasteiger partial charge in [-0.1, -0.05) is 84.9 Å². The molecule has 1 atom stereocenters. The van der Waals surface area contributed by atoms with Crippen LogP contribution in [-0.2, 0) is 11.3 Å². The van der Waals surface area contributed by atoms with Crippen molar-refractivity contribution >= 4 is 5.91 Å². The molecule has 124 valence electrons. The van der Waals surface area contributed by atoms with E-state index in [0.717, 1.165) is 6.42 Å². The minimum atomic E-state index is 0.178. The fraction of sp³-hybridized carbons (Fsp3) is 0.174. The second-order valence-corrected chi connectivity index (χ2v) is 6.55. The molecule has 0 N–H and O–H groups in total. The molecule has 1 amide bonds. The Morgan fingerprint density at radius 2 is 1.36 bits per heavy atom. The Morgan fingerprint density at radius 3 is 2.04 bits per heavy atom. The van der Waals surface area contributed by atoms with E-state index in [1.54, 1.807) is 0 Å². The van der Waals surface area contributed by atoms with Crippen LogP contribution in [0.2, 0.25) is 0 Å². The molecule has 25 heavy (non-hydrogen) atoms. The van der Waals surface area contributed by atoms with Gasteiger partial charge in [-0.25, -0.2) is 0 Å². The summed E-state index contributed by atoms with van der Waals surface area (Å²) < 4.78 is 0. The maximum absolute atomic E-state index is 12.4. The number of nitrogens with zero attached hydrogens (tertiary/aromatic N) is 1. The van der Waals surface area contributed by atoms with Crippen LogP contribution in [0, 0.1) is 0 Å². The highest BCUT2D eigenvalue weighted by atomic mass is 16.2. The Hall–Kier alpha value is -2.87. The molecule has 0 spiro atoms. The smallest absolute Gasteiger partial charge is 0.223 e. The minimum absolute atomic E-state index is 0.178. The van der Waals surface area contributed by atoms with Gasteiger partial charge in [-0.2, -0.15) is 0 Å². The molecule has 3 aromatic carbocycles. The maximum Gasteiger partial charge on any atom is 0.223 e. The Morgan fingerprint density at radius 1 is 0.760 bits per heavy atom. The van der Waals surface area contributed by atoms with Crippen molar-refractivity contribution < 1.29 is 4.79 Å². The molecule has 1 aliphatic heterocycles. The molecule has 3 aromatic rings. The first-order chi connectivity index (χ1) is 12.3. The second kappa shape index (κ2) is 6.94. The van der Waals surface area contributed by atoms with Gasteiger partial charge in [0.15, 0.2) is 0 Å². The van der Waals surface area contributed by atoms with Crippen molar-refractivity contribution in [3.8, 4) is 11.1 Å². The van der Waals surface area contributed by atoms with Crippen LogP contribution in [0.4, 0.5) is 0 Å². The van der Waals surface area contributed by atoms with Crippen LogP contribution in [0.5, 0.6) is 0 Å². The molecule has 4 rings (SSSR count). The number of carbonyl (C=O) groups is 1. The zero-order valence-electron chi connectivity index (χ0n) is 14.1. The van der Waals surface area contributed by atoms with Crippen molar-refractivity contribution in [3.63, 3.8) is 0 Å². The van der Waals surface area contributed by atoms with E-state index in [9.17, 15) is 4.79 Å². The molecular weight excluding hydrogens is 306 g/mol. The van der Waals surface area contributed by atoms with E-state index in [4.69, 9.17) is 0 Å². The first-order valence-corrected chi connectivity index (χ1v) is 8.80. The number of carbonyl (C=O) groups excluding carboxylic acids is 1. The molecule has 0 radical (unpaired) electrons. The largest absolute Gasteiger partial charge is 0.331 e. The van der Waals surface area contributed by atoms with Crippen LogP contribution < -0.4 is 0 Å². The van der Waals surface area contributed by atoms with Crippen molar-refractivity contribution in [2.24, 2.45) is 0 Å². The Labute approximate surface area is 148 Å². The minimum Gasteiger partial charge on any atom is -0.331 e. The lowest BCUT2D eigenvalue weighted by Gasteiger charge is -2.25. The zero-order valence-corrected chi connectivity index (χ0v) is 14.1. The molecule has 0 saturated carbocycles. The predicted molar refractivity (Wildman–Crippen MR) is 101 cm³/mol. The van der Waals surface area contributed by atoms with Gasteiger partial charge in [-0.3, -0.25) is 4.79 Å². The van der Waals surface area contributed by atoms with Crippen LogP contribution in [0.15, 0.2) is 84.9 Å². The first-order valence-electron chi connectivity index (χ1n) is 8.80. The zero-order chi connectivity index (χ0) is 17.1. The van der Waals surface area contributed by atoms with Crippen molar-refractivity contribution in [2.75, 3.05) is 0 Å². The van der Waals surface area contributed by atoms with E-state index in [1.807, 2.05) is 29.2 Å². The van der Waals surface area contributed by atoms with E-state index < -0.39 is 0 Å². The fourth-order valence-corrected chi connectivity index (χ4v) is 3.59. The van der Waals surface area contributed by atoms with Crippen molar-refractivity contribution in [1.29, 1.82) is 0 Å². The van der Waals surface area contributed by atoms with E-state index in [-0.39, 0.29) is 11.9 Å². The number of hydrogen-bond acceptors (Lipinski definition) is 1. The number of benzene rings is 3. The van der Waals surface area contributed by atoms with Crippen LogP contribution in [0.25, 0.3) is 11.1 Å². The van der Waals surface area contributed by atoms with Gasteiger partial charge in [0.2, 0.25) is 5.91 Å². The molecule has 1 heterocycles. The van der Waals surface area contributed by atoms with E-state index in [2.05, 4.69) is 60.7 Å². The van der Waals surface area contributed by atoms with Crippen LogP contribution in [0.1, 0.15) is 30.0 Å². The quantitative estimate of drug-likeness (QED) is 0.643. The molecule has 2 nitrogen and oxygen atoms in total. The Kier molecular flexibility index (Phi) is 4.34. The molecule has 1 aliphatic rings. The lowest BCUT2D eigenvalue weighted by atomic mass is 9.99. The van der Waals surface area contributed by atoms with E-state index in [0.29, 0.717) is 13.0 Å². The normalized spacial score (nSPS) is 17.0. The van der Waals surface area contributed by atoms with Crippen LogP contribution in [0.3, 0.4) is 0 Å². The number of amides is 1. The summed E-state index contributed by atoms with van der Waals surface area (Å²) >= 11 is 0. The van der Waals surface area contributed by atoms with Gasteiger partial charge in [-0.05, 0) is 28.7 Å². The Bertz CT molecular complexity index is 840. The molecule has 0 bridgehead atoms. The van der Waals surface area contributed by atoms with Crippen LogP contribution >= 0.6 is 0 Å². The number of likely N-dealkylation sites (tertiary alicyclic amines) is 1. The molecule has 2 heteroatoms. The van der Waals surface area contributed by atoms with Gasteiger partial charge in [0.1, 0.15) is 0 Å². The molecule has 0 aliphatic carbocycles. The summed E-state index contributed by atoms with van der Waals surface area (Å²) in [7, 11) is 0. The fourth-order valence-electron chi connectivity index (χ4n) is 3.59. The highest BCUT2D eigenvalue weighted by molar-refractivity contribution is 5.79. The Balaban J connectivity index is 1.56. The molecule has 1 saturated heterocycles. The molecule has 1 unspecified atom stereocenters. The summed E-state index contributed by atoms with van der Waals surface area (Å²) in [5, 5.41) is 0. The van der Waals surface area contributed by atoms with Crippen molar-refractivity contribution in [3.05, 3.63) is 96.1 Å². The van der Waals surface area contributed by atoms with Crippen molar-refractivity contribution in [1.82, 2.24) is 4.90 Å². The third kappa shape index (κ3) is 3.34. The highest BCUT2D eigenvalue weighted by Crippen LogP contribution is 2.35. The summed E-state index contributed by atoms with van der Waals surface area (Å²) in [6.45, 7) is 0.685. The third-order valence-electron chi connectivity index (χ3n) is 4.93. The van der Waals surface area contributed by atoms with Gasteiger partial charge in [0.05, 0.1) is 6.04 Å². The summed E-state index contributed by atoms with van der Waals surface area (Å²) in [5.74, 6) is 0.251. The maximum atomic E-state index is 12.4. The first kappa shape index (κ1) is 15.6. The van der Waals surface area contributed by atoms with Crippen molar-refractivity contribution in [2.45, 2.75) is 25.4 Å². The SMILES string of the molecule is O=C1CCC(c2ccc(-c3ccccc3)cc2)N1Cc1ccccc1. The average Bonchev–Trinajstić information content (AvgIpc) is 3.04. The average molecular weight is 327 g/mol. The summed E-state index contributed by atoms with van der Waals surface area (Å²) in [6, 6.07) is 29.5. The van der Waals surface area contributed by atoms with Gasteiger partial charge in [-0.15, -0.1) is 0 Å². The van der Waals surface area contributed by atoms with Gasteiger partial charge in [0, 0.05) is 13.0 Å². The second-order valence-electron chi connectivity index (χ2n) is 6.55. The van der Waals surface area contributed by atoms with E-state index >= 15 is 0 Å². The topological polar surface area (TPSA) is 20.3 Å². The van der Waals surface area contributed by atoms with Crippen LogP contribution in [-0.4, -0.2) is 10.8 Å². The molecule has 0 aromatic heterocycles. The monoisotopic (exact) mass is 327 g/mol. The van der Waals surface area contributed by atoms with Gasteiger partial charge in [0.25, 0.3) is 0 Å². The lowest BCUT2D eigenvalue weighted by Crippen LogP contribution is -2.27. The summed E-state index contributed by atoms with van der Waals surface area (Å²) in [5.41, 5.74) is 4.84. The van der Waals surface area contributed by atoms with E-state index in [1.165, 1.54) is 22.3 Å². The van der Waals surface area contributed by atoms with Gasteiger partial charge < -0.3 is 4.90 Å². The number of rotatable bonds is 4. The molecular formula is C23H21NO. The predicted octanol–water partition coefficient (Wildman–Crippen LogP) is 5.22. The standard InChI is InChI=1S/C23H21NO/c25-23-16-15-22(24(23)17-18-7-3-1-4-8-18)21-13-11-20(12-14-21)19-9-5-2-6-10-19/h1-14,22H,15-17H2. The van der Waals surface area contributed by atoms with Gasteiger partial charge >= 0.3 is 0 Å². The third-order valence-corrected chi connectivity index (χ3v) is 4.93. The summed E-state index contributed by atoms with van der Waals surface area (Å²) in [4.78, 5) is 14.4. The molecule has 1 fully saturated rings.